The number of benzene rings is 1. The molecule has 0 saturated carbocycles. The van der Waals surface area contributed by atoms with E-state index in [0.29, 0.717) is 10.7 Å². The van der Waals surface area contributed by atoms with E-state index < -0.39 is 0 Å². The van der Waals surface area contributed by atoms with Gasteiger partial charge in [-0.3, -0.25) is 4.79 Å². The third-order valence-corrected chi connectivity index (χ3v) is 3.35. The van der Waals surface area contributed by atoms with Crippen LogP contribution in [0.3, 0.4) is 0 Å². The van der Waals surface area contributed by atoms with Gasteiger partial charge in [0.25, 0.3) is 5.56 Å². The summed E-state index contributed by atoms with van der Waals surface area (Å²) in [4.78, 5) is 16.8. The molecule has 0 bridgehead atoms. The molecular weight excluding hydrogens is 262 g/mol. The molecule has 0 amide bonds. The monoisotopic (exact) mass is 273 g/mol. The van der Waals surface area contributed by atoms with Crippen molar-refractivity contribution in [1.29, 1.82) is 0 Å². The van der Waals surface area contributed by atoms with Gasteiger partial charge in [0.1, 0.15) is 17.4 Å². The number of fused-ring (bicyclic) bond motifs is 1. The summed E-state index contributed by atoms with van der Waals surface area (Å²) in [5.41, 5.74) is 0.429. The molecule has 6 heteroatoms. The molecule has 0 unspecified atom stereocenters. The van der Waals surface area contributed by atoms with Crippen LogP contribution in [0, 0.1) is 6.92 Å². The molecule has 0 spiro atoms. The van der Waals surface area contributed by atoms with Gasteiger partial charge in [0, 0.05) is 6.07 Å². The zero-order chi connectivity index (χ0) is 13.2. The number of nitrogens with zero attached hydrogens (tertiary/aromatic N) is 3. The van der Waals surface area contributed by atoms with E-state index in [1.807, 2.05) is 37.3 Å². The van der Waals surface area contributed by atoms with Crippen LogP contribution in [0.4, 0.5) is 0 Å². The Morgan fingerprint density at radius 3 is 2.89 bits per heavy atom. The average Bonchev–Trinajstić information content (AvgIpc) is 2.79. The van der Waals surface area contributed by atoms with Gasteiger partial charge in [-0.05, 0) is 19.1 Å². The Morgan fingerprint density at radius 1 is 1.32 bits per heavy atom. The van der Waals surface area contributed by atoms with Crippen LogP contribution in [-0.2, 0) is 6.61 Å². The largest absolute Gasteiger partial charge is 0.487 e. The van der Waals surface area contributed by atoms with Gasteiger partial charge in [-0.1, -0.05) is 29.5 Å². The van der Waals surface area contributed by atoms with Gasteiger partial charge in [0.05, 0.1) is 5.69 Å². The van der Waals surface area contributed by atoms with Crippen molar-refractivity contribution in [2.45, 2.75) is 13.5 Å². The molecule has 2 aromatic heterocycles. The number of hydrogen-bond donors (Lipinski definition) is 0. The number of rotatable bonds is 3. The van der Waals surface area contributed by atoms with E-state index in [1.54, 1.807) is 0 Å². The normalized spacial score (nSPS) is 10.8. The average molecular weight is 273 g/mol. The quantitative estimate of drug-likeness (QED) is 0.732. The Kier molecular flexibility index (Phi) is 3.00. The van der Waals surface area contributed by atoms with Crippen LogP contribution in [0.25, 0.3) is 4.96 Å². The first-order chi connectivity index (χ1) is 9.22. The summed E-state index contributed by atoms with van der Waals surface area (Å²) < 4.78 is 6.89. The summed E-state index contributed by atoms with van der Waals surface area (Å²) in [5, 5.41) is 4.90. The van der Waals surface area contributed by atoms with E-state index >= 15 is 0 Å². The molecule has 0 atom stereocenters. The van der Waals surface area contributed by atoms with Gasteiger partial charge < -0.3 is 4.74 Å². The molecule has 0 aliphatic heterocycles. The second-order valence-corrected chi connectivity index (χ2v) is 5.16. The van der Waals surface area contributed by atoms with E-state index in [4.69, 9.17) is 4.74 Å². The van der Waals surface area contributed by atoms with Gasteiger partial charge >= 0.3 is 0 Å². The van der Waals surface area contributed by atoms with Crippen molar-refractivity contribution < 1.29 is 4.74 Å². The first-order valence-corrected chi connectivity index (χ1v) is 6.58. The van der Waals surface area contributed by atoms with E-state index in [0.717, 1.165) is 10.8 Å². The third kappa shape index (κ3) is 2.48. The number of aryl methyl sites for hydroxylation is 1. The molecule has 0 N–H and O–H groups in total. The molecule has 0 aliphatic rings. The van der Waals surface area contributed by atoms with Crippen molar-refractivity contribution >= 4 is 16.3 Å². The third-order valence-electron chi connectivity index (χ3n) is 2.53. The number of para-hydroxylation sites is 1. The van der Waals surface area contributed by atoms with Crippen LogP contribution < -0.4 is 10.3 Å². The molecule has 2 heterocycles. The first-order valence-electron chi connectivity index (χ1n) is 5.76. The fourth-order valence-electron chi connectivity index (χ4n) is 1.70. The molecule has 3 rings (SSSR count). The molecule has 0 fully saturated rings. The Balaban J connectivity index is 1.87. The molecule has 96 valence electrons. The Hall–Kier alpha value is -2.21. The minimum atomic E-state index is -0.180. The highest BCUT2D eigenvalue weighted by Crippen LogP contribution is 2.12. The van der Waals surface area contributed by atoms with Crippen molar-refractivity contribution in [3.8, 4) is 5.75 Å². The van der Waals surface area contributed by atoms with Crippen LogP contribution >= 0.6 is 11.3 Å². The smallest absolute Gasteiger partial charge is 0.275 e. The first kappa shape index (κ1) is 11.9. The molecule has 0 radical (unpaired) electrons. The van der Waals surface area contributed by atoms with Crippen LogP contribution in [0.1, 0.15) is 10.7 Å². The predicted molar refractivity (Wildman–Crippen MR) is 72.6 cm³/mol. The van der Waals surface area contributed by atoms with Crippen molar-refractivity contribution in [3.63, 3.8) is 0 Å². The van der Waals surface area contributed by atoms with Crippen molar-refractivity contribution in [1.82, 2.24) is 14.6 Å². The summed E-state index contributed by atoms with van der Waals surface area (Å²) >= 11 is 1.39. The van der Waals surface area contributed by atoms with Gasteiger partial charge in [0.2, 0.25) is 4.96 Å². The standard InChI is InChI=1S/C13H11N3O2S/c1-9-15-16-12(17)7-10(14-13(16)19-9)8-18-11-5-3-2-4-6-11/h2-7H,8H2,1H3. The van der Waals surface area contributed by atoms with Crippen LogP contribution in [0.2, 0.25) is 0 Å². The van der Waals surface area contributed by atoms with E-state index in [9.17, 15) is 4.79 Å². The zero-order valence-electron chi connectivity index (χ0n) is 10.2. The van der Waals surface area contributed by atoms with E-state index in [-0.39, 0.29) is 12.2 Å². The molecule has 0 saturated heterocycles. The molecule has 19 heavy (non-hydrogen) atoms. The van der Waals surface area contributed by atoms with E-state index in [2.05, 4.69) is 10.1 Å². The highest BCUT2D eigenvalue weighted by atomic mass is 32.1. The van der Waals surface area contributed by atoms with Crippen molar-refractivity contribution in [3.05, 3.63) is 57.5 Å². The SMILES string of the molecule is Cc1nn2c(=O)cc(COc3ccccc3)nc2s1. The molecule has 5 nitrogen and oxygen atoms in total. The summed E-state index contributed by atoms with van der Waals surface area (Å²) in [6.07, 6.45) is 0. The summed E-state index contributed by atoms with van der Waals surface area (Å²) in [5.74, 6) is 0.755. The van der Waals surface area contributed by atoms with Gasteiger partial charge in [-0.15, -0.1) is 0 Å². The van der Waals surface area contributed by atoms with Gasteiger partial charge in [-0.2, -0.15) is 9.61 Å². The second kappa shape index (κ2) is 4.81. The molecule has 1 aromatic carbocycles. The minimum absolute atomic E-state index is 0.180. The van der Waals surface area contributed by atoms with Crippen LogP contribution in [0.15, 0.2) is 41.2 Å². The lowest BCUT2D eigenvalue weighted by Crippen LogP contribution is -2.16. The highest BCUT2D eigenvalue weighted by Gasteiger charge is 2.07. The maximum Gasteiger partial charge on any atom is 0.275 e. The zero-order valence-corrected chi connectivity index (χ0v) is 11.1. The van der Waals surface area contributed by atoms with E-state index in [1.165, 1.54) is 21.9 Å². The fourth-order valence-corrected chi connectivity index (χ4v) is 2.47. The molecule has 3 aromatic rings. The lowest BCUT2D eigenvalue weighted by Gasteiger charge is -2.04. The number of aromatic nitrogens is 3. The Morgan fingerprint density at radius 2 is 2.11 bits per heavy atom. The molecular formula is C13H11N3O2S. The minimum Gasteiger partial charge on any atom is -0.487 e. The Bertz CT molecular complexity index is 764. The lowest BCUT2D eigenvalue weighted by atomic mass is 10.3. The maximum absolute atomic E-state index is 11.8. The topological polar surface area (TPSA) is 56.5 Å². The summed E-state index contributed by atoms with van der Waals surface area (Å²) in [6, 6.07) is 10.9. The second-order valence-electron chi connectivity index (χ2n) is 4.00. The van der Waals surface area contributed by atoms with Crippen molar-refractivity contribution in [2.75, 3.05) is 0 Å². The summed E-state index contributed by atoms with van der Waals surface area (Å²) in [7, 11) is 0. The number of hydrogen-bond acceptors (Lipinski definition) is 5. The maximum atomic E-state index is 11.8. The number of ether oxygens (including phenoxy) is 1. The van der Waals surface area contributed by atoms with Gasteiger partial charge in [-0.25, -0.2) is 4.98 Å². The van der Waals surface area contributed by atoms with Crippen LogP contribution in [0.5, 0.6) is 5.75 Å². The van der Waals surface area contributed by atoms with Crippen LogP contribution in [-0.4, -0.2) is 14.6 Å². The summed E-state index contributed by atoms with van der Waals surface area (Å²) in [6.45, 7) is 2.12. The Labute approximate surface area is 113 Å². The lowest BCUT2D eigenvalue weighted by molar-refractivity contribution is 0.301. The fraction of sp³-hybridized carbons (Fsp3) is 0.154. The molecule has 0 aliphatic carbocycles. The highest BCUT2D eigenvalue weighted by molar-refractivity contribution is 7.16. The van der Waals surface area contributed by atoms with Gasteiger partial charge in [0.15, 0.2) is 0 Å². The predicted octanol–water partition coefficient (Wildman–Crippen LogP) is 2.04. The van der Waals surface area contributed by atoms with Crippen molar-refractivity contribution in [2.24, 2.45) is 0 Å².